The Balaban J connectivity index is 2.55. The smallest absolute Gasteiger partial charge is 0.256 e. The Kier molecular flexibility index (Phi) is 3.85. The number of aromatic nitrogens is 2. The van der Waals surface area contributed by atoms with E-state index in [1.807, 2.05) is 31.2 Å². The highest BCUT2D eigenvalue weighted by Gasteiger charge is 2.12. The largest absolute Gasteiger partial charge is 0.496 e. The SMILES string of the molecule is CCCc1c(N)nc(-c2ccccc2OC)[nH]c1=O. The Hall–Kier alpha value is -2.30. The summed E-state index contributed by atoms with van der Waals surface area (Å²) < 4.78 is 5.25. The first-order valence-corrected chi connectivity index (χ1v) is 6.19. The molecule has 0 aliphatic rings. The van der Waals surface area contributed by atoms with Crippen LogP contribution in [-0.4, -0.2) is 17.1 Å². The third-order valence-corrected chi connectivity index (χ3v) is 2.91. The molecule has 5 nitrogen and oxygen atoms in total. The zero-order chi connectivity index (χ0) is 13.8. The van der Waals surface area contributed by atoms with Crippen molar-refractivity contribution in [2.45, 2.75) is 19.8 Å². The van der Waals surface area contributed by atoms with Gasteiger partial charge in [-0.3, -0.25) is 4.79 Å². The summed E-state index contributed by atoms with van der Waals surface area (Å²) >= 11 is 0. The van der Waals surface area contributed by atoms with Crippen LogP contribution < -0.4 is 16.0 Å². The fraction of sp³-hybridized carbons (Fsp3) is 0.286. The fourth-order valence-electron chi connectivity index (χ4n) is 1.97. The highest BCUT2D eigenvalue weighted by molar-refractivity contribution is 5.65. The van der Waals surface area contributed by atoms with E-state index < -0.39 is 0 Å². The molecule has 1 aromatic carbocycles. The summed E-state index contributed by atoms with van der Waals surface area (Å²) in [7, 11) is 1.58. The molecule has 0 saturated carbocycles. The molecular formula is C14H17N3O2. The summed E-state index contributed by atoms with van der Waals surface area (Å²) in [5.74, 6) is 1.36. The number of methoxy groups -OCH3 is 1. The highest BCUT2D eigenvalue weighted by Crippen LogP contribution is 2.26. The Morgan fingerprint density at radius 2 is 2.11 bits per heavy atom. The minimum absolute atomic E-state index is 0.185. The third-order valence-electron chi connectivity index (χ3n) is 2.91. The van der Waals surface area contributed by atoms with Crippen LogP contribution in [0.3, 0.4) is 0 Å². The minimum Gasteiger partial charge on any atom is -0.496 e. The molecule has 0 amide bonds. The number of H-pyrrole nitrogens is 1. The summed E-state index contributed by atoms with van der Waals surface area (Å²) in [6.07, 6.45) is 1.48. The lowest BCUT2D eigenvalue weighted by atomic mass is 10.1. The van der Waals surface area contributed by atoms with Crippen molar-refractivity contribution in [3.63, 3.8) is 0 Å². The number of rotatable bonds is 4. The van der Waals surface area contributed by atoms with Gasteiger partial charge in [-0.2, -0.15) is 0 Å². The molecule has 0 fully saturated rings. The fourth-order valence-corrected chi connectivity index (χ4v) is 1.97. The van der Waals surface area contributed by atoms with E-state index in [9.17, 15) is 4.79 Å². The normalized spacial score (nSPS) is 10.4. The van der Waals surface area contributed by atoms with E-state index >= 15 is 0 Å². The van der Waals surface area contributed by atoms with E-state index in [4.69, 9.17) is 10.5 Å². The molecule has 0 aliphatic carbocycles. The van der Waals surface area contributed by atoms with Crippen molar-refractivity contribution >= 4 is 5.82 Å². The first-order valence-electron chi connectivity index (χ1n) is 6.19. The molecule has 0 radical (unpaired) electrons. The van der Waals surface area contributed by atoms with Gasteiger partial charge in [-0.05, 0) is 18.6 Å². The molecule has 2 rings (SSSR count). The lowest BCUT2D eigenvalue weighted by molar-refractivity contribution is 0.416. The number of benzene rings is 1. The minimum atomic E-state index is -0.185. The maximum Gasteiger partial charge on any atom is 0.256 e. The number of ether oxygens (including phenoxy) is 1. The summed E-state index contributed by atoms with van der Waals surface area (Å²) in [5.41, 5.74) is 6.94. The van der Waals surface area contributed by atoms with Gasteiger partial charge in [-0.15, -0.1) is 0 Å². The lowest BCUT2D eigenvalue weighted by Gasteiger charge is -2.09. The molecule has 2 aromatic rings. The molecule has 0 unspecified atom stereocenters. The van der Waals surface area contributed by atoms with E-state index in [2.05, 4.69) is 9.97 Å². The molecule has 0 bridgehead atoms. The number of anilines is 1. The van der Waals surface area contributed by atoms with Gasteiger partial charge in [0.2, 0.25) is 0 Å². The van der Waals surface area contributed by atoms with Gasteiger partial charge in [-0.1, -0.05) is 25.5 Å². The van der Waals surface area contributed by atoms with Crippen LogP contribution in [-0.2, 0) is 6.42 Å². The molecule has 0 atom stereocenters. The maximum atomic E-state index is 12.0. The van der Waals surface area contributed by atoms with E-state index in [0.29, 0.717) is 23.6 Å². The standard InChI is InChI=1S/C14H17N3O2/c1-3-6-10-12(15)16-13(17-14(10)18)9-7-4-5-8-11(9)19-2/h4-5,7-8H,3,6H2,1-2H3,(H3,15,16,17,18). The second-order valence-electron chi connectivity index (χ2n) is 4.23. The predicted octanol–water partition coefficient (Wildman–Crippen LogP) is 1.98. The Labute approximate surface area is 111 Å². The summed E-state index contributed by atoms with van der Waals surface area (Å²) in [5, 5.41) is 0. The van der Waals surface area contributed by atoms with Crippen LogP contribution in [0.2, 0.25) is 0 Å². The molecule has 1 aromatic heterocycles. The van der Waals surface area contributed by atoms with Crippen molar-refractivity contribution in [1.82, 2.24) is 9.97 Å². The van der Waals surface area contributed by atoms with Gasteiger partial charge in [0.25, 0.3) is 5.56 Å². The monoisotopic (exact) mass is 259 g/mol. The van der Waals surface area contributed by atoms with Gasteiger partial charge in [0.15, 0.2) is 0 Å². The molecule has 5 heteroatoms. The molecule has 100 valence electrons. The number of nitrogens with one attached hydrogen (secondary N) is 1. The van der Waals surface area contributed by atoms with Gasteiger partial charge in [0, 0.05) is 0 Å². The van der Waals surface area contributed by atoms with E-state index in [1.165, 1.54) is 0 Å². The molecule has 19 heavy (non-hydrogen) atoms. The molecule has 0 aliphatic heterocycles. The summed E-state index contributed by atoms with van der Waals surface area (Å²) in [4.78, 5) is 19.0. The number of hydrogen-bond donors (Lipinski definition) is 2. The van der Waals surface area contributed by atoms with Crippen LogP contribution in [0.5, 0.6) is 5.75 Å². The van der Waals surface area contributed by atoms with E-state index in [1.54, 1.807) is 7.11 Å². The van der Waals surface area contributed by atoms with Gasteiger partial charge >= 0.3 is 0 Å². The number of nitrogens with zero attached hydrogens (tertiary/aromatic N) is 1. The van der Waals surface area contributed by atoms with Crippen molar-refractivity contribution in [2.75, 3.05) is 12.8 Å². The van der Waals surface area contributed by atoms with Crippen LogP contribution >= 0.6 is 0 Å². The van der Waals surface area contributed by atoms with Crippen molar-refractivity contribution in [3.05, 3.63) is 40.2 Å². The lowest BCUT2D eigenvalue weighted by Crippen LogP contribution is -2.18. The Bertz CT molecular complexity index is 635. The third kappa shape index (κ3) is 2.59. The zero-order valence-electron chi connectivity index (χ0n) is 11.1. The second-order valence-corrected chi connectivity index (χ2v) is 4.23. The van der Waals surface area contributed by atoms with Gasteiger partial charge in [0.05, 0.1) is 18.2 Å². The van der Waals surface area contributed by atoms with Gasteiger partial charge in [0.1, 0.15) is 17.4 Å². The molecule has 0 saturated heterocycles. The first-order chi connectivity index (χ1) is 9.17. The van der Waals surface area contributed by atoms with Crippen LogP contribution in [0.1, 0.15) is 18.9 Å². The average Bonchev–Trinajstić information content (AvgIpc) is 2.42. The van der Waals surface area contributed by atoms with Gasteiger partial charge in [-0.25, -0.2) is 4.98 Å². The van der Waals surface area contributed by atoms with Crippen LogP contribution in [0.15, 0.2) is 29.1 Å². The Morgan fingerprint density at radius 1 is 1.37 bits per heavy atom. The quantitative estimate of drug-likeness (QED) is 0.879. The zero-order valence-corrected chi connectivity index (χ0v) is 11.1. The van der Waals surface area contributed by atoms with Crippen LogP contribution in [0.25, 0.3) is 11.4 Å². The number of aromatic amines is 1. The van der Waals surface area contributed by atoms with Crippen molar-refractivity contribution < 1.29 is 4.74 Å². The maximum absolute atomic E-state index is 12.0. The first kappa shape index (κ1) is 13.1. The number of para-hydroxylation sites is 1. The predicted molar refractivity (Wildman–Crippen MR) is 75.3 cm³/mol. The van der Waals surface area contributed by atoms with Crippen molar-refractivity contribution in [2.24, 2.45) is 0 Å². The van der Waals surface area contributed by atoms with Gasteiger partial charge < -0.3 is 15.5 Å². The van der Waals surface area contributed by atoms with Crippen molar-refractivity contribution in [1.29, 1.82) is 0 Å². The molecule has 0 spiro atoms. The Morgan fingerprint density at radius 3 is 2.74 bits per heavy atom. The number of hydrogen-bond acceptors (Lipinski definition) is 4. The van der Waals surface area contributed by atoms with Crippen molar-refractivity contribution in [3.8, 4) is 17.1 Å². The molecular weight excluding hydrogens is 242 g/mol. The van der Waals surface area contributed by atoms with Crippen LogP contribution in [0, 0.1) is 0 Å². The number of nitrogens with two attached hydrogens (primary N) is 1. The van der Waals surface area contributed by atoms with E-state index in [0.717, 1.165) is 12.0 Å². The average molecular weight is 259 g/mol. The topological polar surface area (TPSA) is 81.0 Å². The summed E-state index contributed by atoms with van der Waals surface area (Å²) in [6, 6.07) is 7.35. The highest BCUT2D eigenvalue weighted by atomic mass is 16.5. The second kappa shape index (κ2) is 5.56. The molecule has 3 N–H and O–H groups in total. The molecule has 1 heterocycles. The number of nitrogen functional groups attached to an aromatic ring is 1. The van der Waals surface area contributed by atoms with E-state index in [-0.39, 0.29) is 11.4 Å². The van der Waals surface area contributed by atoms with Crippen LogP contribution in [0.4, 0.5) is 5.82 Å². The summed E-state index contributed by atoms with van der Waals surface area (Å²) in [6.45, 7) is 1.99.